The summed E-state index contributed by atoms with van der Waals surface area (Å²) in [7, 11) is 0. The highest BCUT2D eigenvalue weighted by Crippen LogP contribution is 2.34. The van der Waals surface area contributed by atoms with Gasteiger partial charge in [-0.15, -0.1) is 0 Å². The number of anilines is 1. The molecule has 0 bridgehead atoms. The Labute approximate surface area is 261 Å². The lowest BCUT2D eigenvalue weighted by molar-refractivity contribution is -0.130. The van der Waals surface area contributed by atoms with Gasteiger partial charge in [-0.2, -0.15) is 4.98 Å². The third-order valence-corrected chi connectivity index (χ3v) is 8.21. The number of amides is 1. The molecule has 2 atom stereocenters. The third kappa shape index (κ3) is 5.78. The summed E-state index contributed by atoms with van der Waals surface area (Å²) in [6, 6.07) is 7.21. The summed E-state index contributed by atoms with van der Waals surface area (Å²) in [5.74, 6) is -0.595. The van der Waals surface area contributed by atoms with E-state index < -0.39 is 11.5 Å². The molecule has 0 radical (unpaired) electrons. The maximum Gasteiger partial charge on any atom is 0.355 e. The zero-order valence-corrected chi connectivity index (χ0v) is 25.6. The average molecular weight is 621 g/mol. The molecular weight excluding hydrogens is 583 g/mol. The predicted octanol–water partition coefficient (Wildman–Crippen LogP) is 5.94. The van der Waals surface area contributed by atoms with Gasteiger partial charge in [0, 0.05) is 43.4 Å². The molecule has 0 spiro atoms. The quantitative estimate of drug-likeness (QED) is 0.266. The molecular formula is C33H38ClFN6O3. The number of phenolic OH excluding ortho intramolecular Hbond substituents is 1. The van der Waals surface area contributed by atoms with E-state index in [2.05, 4.69) is 16.5 Å². The molecule has 0 aliphatic carbocycles. The predicted molar refractivity (Wildman–Crippen MR) is 173 cm³/mol. The standard InChI is InChI=1S/C32H34ClFN6O3.CH4/c1-7-27(42)39-19(5)15-38(16-20(39)6)30-22-13-23(33)25(14-21-24(34)9-8-10-26(21)41)36-31(22)40(32(43)37-30)29-18(4)11-12-35-28(29)17(2)3;/h7-13,17,19-20,41H,1,14-16H2,2-6H3;1H4/t19-,20+;. The molecule has 232 valence electrons. The van der Waals surface area contributed by atoms with Crippen molar-refractivity contribution in [1.82, 2.24) is 24.4 Å². The molecule has 4 aromatic rings. The van der Waals surface area contributed by atoms with Crippen LogP contribution in [0.25, 0.3) is 16.7 Å². The maximum absolute atomic E-state index is 14.7. The minimum absolute atomic E-state index is 0. The highest BCUT2D eigenvalue weighted by Gasteiger charge is 2.34. The van der Waals surface area contributed by atoms with E-state index >= 15 is 0 Å². The fraction of sp³-hybridized carbons (Fsp3) is 0.364. The van der Waals surface area contributed by atoms with Gasteiger partial charge in [-0.05, 0) is 62.6 Å². The van der Waals surface area contributed by atoms with Gasteiger partial charge >= 0.3 is 5.69 Å². The number of phenols is 1. The van der Waals surface area contributed by atoms with Crippen LogP contribution >= 0.6 is 11.6 Å². The molecule has 1 N–H and O–H groups in total. The fourth-order valence-electron chi connectivity index (χ4n) is 5.92. The second-order valence-corrected chi connectivity index (χ2v) is 11.7. The maximum atomic E-state index is 14.7. The van der Waals surface area contributed by atoms with E-state index in [1.54, 1.807) is 17.2 Å². The number of rotatable bonds is 6. The molecule has 0 unspecified atom stereocenters. The molecule has 1 saturated heterocycles. The molecule has 11 heteroatoms. The Bertz CT molecular complexity index is 1770. The number of aryl methyl sites for hydroxylation is 1. The summed E-state index contributed by atoms with van der Waals surface area (Å²) in [6.45, 7) is 14.2. The first-order chi connectivity index (χ1) is 20.4. The summed E-state index contributed by atoms with van der Waals surface area (Å²) >= 11 is 6.78. The fourth-order valence-corrected chi connectivity index (χ4v) is 6.14. The lowest BCUT2D eigenvalue weighted by Gasteiger charge is -2.44. The van der Waals surface area contributed by atoms with Crippen LogP contribution in [0.2, 0.25) is 5.02 Å². The Hall–Kier alpha value is -4.31. The molecule has 1 amide bonds. The number of carbonyl (C=O) groups excluding carboxylic acids is 1. The van der Waals surface area contributed by atoms with Crippen LogP contribution in [0.5, 0.6) is 5.75 Å². The molecule has 44 heavy (non-hydrogen) atoms. The van der Waals surface area contributed by atoms with Gasteiger partial charge in [0.05, 0.1) is 27.5 Å². The molecule has 5 rings (SSSR count). The van der Waals surface area contributed by atoms with Crippen LogP contribution in [-0.2, 0) is 11.2 Å². The third-order valence-electron chi connectivity index (χ3n) is 7.88. The van der Waals surface area contributed by atoms with Gasteiger partial charge < -0.3 is 14.9 Å². The minimum atomic E-state index is -0.592. The van der Waals surface area contributed by atoms with Crippen LogP contribution in [0.3, 0.4) is 0 Å². The Morgan fingerprint density at radius 3 is 2.50 bits per heavy atom. The van der Waals surface area contributed by atoms with Crippen molar-refractivity contribution in [2.24, 2.45) is 0 Å². The van der Waals surface area contributed by atoms with Crippen molar-refractivity contribution in [3.05, 3.63) is 93.0 Å². The summed E-state index contributed by atoms with van der Waals surface area (Å²) in [4.78, 5) is 44.3. The first kappa shape index (κ1) is 32.6. The molecule has 0 saturated carbocycles. The Morgan fingerprint density at radius 1 is 1.20 bits per heavy atom. The molecule has 1 fully saturated rings. The van der Waals surface area contributed by atoms with Gasteiger partial charge in [0.25, 0.3) is 0 Å². The lowest BCUT2D eigenvalue weighted by atomic mass is 10.0. The number of aromatic hydroxyl groups is 1. The van der Waals surface area contributed by atoms with Crippen LogP contribution in [-0.4, -0.2) is 60.6 Å². The molecule has 1 aliphatic rings. The number of piperazine rings is 1. The average Bonchev–Trinajstić information content (AvgIpc) is 2.95. The molecule has 4 heterocycles. The number of aromatic nitrogens is 4. The number of carbonyl (C=O) groups is 1. The lowest BCUT2D eigenvalue weighted by Crippen LogP contribution is -2.58. The molecule has 1 aliphatic heterocycles. The van der Waals surface area contributed by atoms with Gasteiger partial charge in [0.2, 0.25) is 5.91 Å². The highest BCUT2D eigenvalue weighted by atomic mass is 35.5. The molecule has 9 nitrogen and oxygen atoms in total. The van der Waals surface area contributed by atoms with Crippen molar-refractivity contribution < 1.29 is 14.3 Å². The zero-order chi connectivity index (χ0) is 31.2. The Balaban J connectivity index is 0.00000442. The number of hydrogen-bond donors (Lipinski definition) is 1. The van der Waals surface area contributed by atoms with Crippen molar-refractivity contribution >= 4 is 34.4 Å². The van der Waals surface area contributed by atoms with Gasteiger partial charge in [-0.3, -0.25) is 9.78 Å². The topological polar surface area (TPSA) is 104 Å². The number of nitrogens with zero attached hydrogens (tertiary/aromatic N) is 6. The number of hydrogen-bond acceptors (Lipinski definition) is 7. The van der Waals surface area contributed by atoms with Gasteiger partial charge in [-0.25, -0.2) is 18.7 Å². The smallest absolute Gasteiger partial charge is 0.355 e. The van der Waals surface area contributed by atoms with Crippen molar-refractivity contribution in [3.63, 3.8) is 0 Å². The van der Waals surface area contributed by atoms with Crippen LogP contribution < -0.4 is 10.6 Å². The monoisotopic (exact) mass is 620 g/mol. The number of halogens is 2. The first-order valence-electron chi connectivity index (χ1n) is 14.2. The van der Waals surface area contributed by atoms with Crippen molar-refractivity contribution in [1.29, 1.82) is 0 Å². The van der Waals surface area contributed by atoms with Gasteiger partial charge in [0.15, 0.2) is 5.65 Å². The van der Waals surface area contributed by atoms with Crippen molar-refractivity contribution in [2.75, 3.05) is 18.0 Å². The van der Waals surface area contributed by atoms with E-state index in [1.807, 2.05) is 45.6 Å². The number of fused-ring (bicyclic) bond motifs is 1. The molecule has 3 aromatic heterocycles. The van der Waals surface area contributed by atoms with E-state index in [0.29, 0.717) is 35.7 Å². The Kier molecular flexibility index (Phi) is 9.44. The SMILES string of the molecule is C.C=CC(=O)N1[C@H](C)CN(c2nc(=O)n(-c3c(C)ccnc3C(C)C)c3nc(Cc4c(O)cccc4F)c(Cl)cc23)C[C@@H]1C. The number of benzene rings is 1. The second kappa shape index (κ2) is 12.7. The van der Waals surface area contributed by atoms with Gasteiger partial charge in [-0.1, -0.05) is 45.5 Å². The summed E-state index contributed by atoms with van der Waals surface area (Å²) in [5.41, 5.74) is 2.14. The van der Waals surface area contributed by atoms with Gasteiger partial charge in [0.1, 0.15) is 17.4 Å². The largest absolute Gasteiger partial charge is 0.508 e. The highest BCUT2D eigenvalue weighted by molar-refractivity contribution is 6.32. The Morgan fingerprint density at radius 2 is 1.89 bits per heavy atom. The van der Waals surface area contributed by atoms with E-state index in [-0.39, 0.29) is 65.4 Å². The summed E-state index contributed by atoms with van der Waals surface area (Å²) < 4.78 is 16.2. The van der Waals surface area contributed by atoms with Crippen molar-refractivity contribution in [3.8, 4) is 11.4 Å². The number of pyridine rings is 2. The van der Waals surface area contributed by atoms with Crippen LogP contribution in [0.4, 0.5) is 10.2 Å². The van der Waals surface area contributed by atoms with E-state index in [4.69, 9.17) is 16.6 Å². The first-order valence-corrected chi connectivity index (χ1v) is 14.5. The van der Waals surface area contributed by atoms with Crippen LogP contribution in [0.1, 0.15) is 63.6 Å². The minimum Gasteiger partial charge on any atom is -0.508 e. The zero-order valence-electron chi connectivity index (χ0n) is 24.8. The second-order valence-electron chi connectivity index (χ2n) is 11.3. The summed E-state index contributed by atoms with van der Waals surface area (Å²) in [6.07, 6.45) is 2.91. The van der Waals surface area contributed by atoms with Crippen LogP contribution in [0, 0.1) is 12.7 Å². The van der Waals surface area contributed by atoms with E-state index in [1.165, 1.54) is 28.8 Å². The molecule has 1 aromatic carbocycles. The van der Waals surface area contributed by atoms with Crippen LogP contribution in [0.15, 0.2) is 54.0 Å². The summed E-state index contributed by atoms with van der Waals surface area (Å²) in [5, 5.41) is 11.1. The van der Waals surface area contributed by atoms with E-state index in [9.17, 15) is 19.1 Å². The van der Waals surface area contributed by atoms with E-state index in [0.717, 1.165) is 5.56 Å². The van der Waals surface area contributed by atoms with Crippen molar-refractivity contribution in [2.45, 2.75) is 66.5 Å². The normalized spacial score (nSPS) is 16.7.